The molecule has 4 nitrogen and oxygen atoms in total. The lowest BCUT2D eigenvalue weighted by atomic mass is 10.2. The van der Waals surface area contributed by atoms with Crippen molar-refractivity contribution in [1.29, 1.82) is 0 Å². The van der Waals surface area contributed by atoms with E-state index in [1.54, 1.807) is 19.4 Å². The zero-order valence-corrected chi connectivity index (χ0v) is 11.4. The van der Waals surface area contributed by atoms with E-state index in [1.807, 2.05) is 24.3 Å². The molecule has 0 atom stereocenters. The minimum absolute atomic E-state index is 0.369. The standard InChI is InChI=1S/C14H15ClN2O2/c1-18-9-10-3-2-4-12(5-10)19-14-13(15)6-11(7-16)8-17-14/h2-6,8H,7,9,16H2,1H3. The topological polar surface area (TPSA) is 57.4 Å². The van der Waals surface area contributed by atoms with Crippen LogP contribution in [-0.4, -0.2) is 12.1 Å². The number of hydrogen-bond acceptors (Lipinski definition) is 4. The molecule has 0 spiro atoms. The first kappa shape index (κ1) is 13.8. The summed E-state index contributed by atoms with van der Waals surface area (Å²) in [7, 11) is 1.65. The van der Waals surface area contributed by atoms with Gasteiger partial charge in [-0.15, -0.1) is 0 Å². The molecule has 5 heteroatoms. The summed E-state index contributed by atoms with van der Waals surface area (Å²) in [5.41, 5.74) is 7.41. The molecule has 1 aromatic carbocycles. The molecule has 1 heterocycles. The highest BCUT2D eigenvalue weighted by Crippen LogP contribution is 2.28. The van der Waals surface area contributed by atoms with Gasteiger partial charge < -0.3 is 15.2 Å². The molecule has 0 saturated heterocycles. The van der Waals surface area contributed by atoms with Crippen LogP contribution in [0, 0.1) is 0 Å². The van der Waals surface area contributed by atoms with Crippen molar-refractivity contribution in [2.24, 2.45) is 5.73 Å². The molecule has 2 rings (SSSR count). The number of pyridine rings is 1. The summed E-state index contributed by atoms with van der Waals surface area (Å²) >= 11 is 6.09. The van der Waals surface area contributed by atoms with Crippen LogP contribution in [0.25, 0.3) is 0 Å². The van der Waals surface area contributed by atoms with Crippen molar-refractivity contribution in [3.05, 3.63) is 52.7 Å². The van der Waals surface area contributed by atoms with Crippen LogP contribution in [-0.2, 0) is 17.9 Å². The molecule has 2 aromatic rings. The Kier molecular flexibility index (Phi) is 4.74. The number of hydrogen-bond donors (Lipinski definition) is 1. The average molecular weight is 279 g/mol. The van der Waals surface area contributed by atoms with Crippen LogP contribution in [0.3, 0.4) is 0 Å². The summed E-state index contributed by atoms with van der Waals surface area (Å²) in [6.45, 7) is 0.931. The van der Waals surface area contributed by atoms with Gasteiger partial charge in [0.2, 0.25) is 5.88 Å². The third-order valence-corrected chi connectivity index (χ3v) is 2.79. The van der Waals surface area contributed by atoms with Crippen molar-refractivity contribution < 1.29 is 9.47 Å². The fourth-order valence-corrected chi connectivity index (χ4v) is 1.86. The monoisotopic (exact) mass is 278 g/mol. The minimum atomic E-state index is 0.369. The van der Waals surface area contributed by atoms with E-state index < -0.39 is 0 Å². The Hall–Kier alpha value is -1.62. The predicted octanol–water partition coefficient (Wildman–Crippen LogP) is 3.13. The van der Waals surface area contributed by atoms with Crippen LogP contribution in [0.1, 0.15) is 11.1 Å². The Morgan fingerprint density at radius 1 is 1.26 bits per heavy atom. The zero-order valence-electron chi connectivity index (χ0n) is 10.6. The molecular weight excluding hydrogens is 264 g/mol. The van der Waals surface area contributed by atoms with Gasteiger partial charge in [-0.1, -0.05) is 23.7 Å². The molecule has 19 heavy (non-hydrogen) atoms. The number of nitrogens with two attached hydrogens (primary N) is 1. The third-order valence-electron chi connectivity index (χ3n) is 2.52. The van der Waals surface area contributed by atoms with Gasteiger partial charge in [0, 0.05) is 19.9 Å². The van der Waals surface area contributed by atoms with Crippen molar-refractivity contribution in [1.82, 2.24) is 4.98 Å². The molecule has 0 fully saturated rings. The summed E-state index contributed by atoms with van der Waals surface area (Å²) in [5.74, 6) is 1.04. The van der Waals surface area contributed by atoms with Gasteiger partial charge in [-0.05, 0) is 29.3 Å². The number of methoxy groups -OCH3 is 1. The lowest BCUT2D eigenvalue weighted by Crippen LogP contribution is -1.98. The first-order valence-electron chi connectivity index (χ1n) is 5.83. The minimum Gasteiger partial charge on any atom is -0.438 e. The molecule has 0 radical (unpaired) electrons. The van der Waals surface area contributed by atoms with Crippen molar-refractivity contribution >= 4 is 11.6 Å². The van der Waals surface area contributed by atoms with E-state index in [1.165, 1.54) is 0 Å². The second-order valence-electron chi connectivity index (χ2n) is 4.02. The Labute approximate surface area is 117 Å². The summed E-state index contributed by atoms with van der Waals surface area (Å²) in [5, 5.41) is 0.445. The van der Waals surface area contributed by atoms with Crippen molar-refractivity contribution in [3.8, 4) is 11.6 Å². The van der Waals surface area contributed by atoms with E-state index in [9.17, 15) is 0 Å². The Bertz CT molecular complexity index is 561. The van der Waals surface area contributed by atoms with Crippen molar-refractivity contribution in [3.63, 3.8) is 0 Å². The molecule has 0 unspecified atom stereocenters. The predicted molar refractivity (Wildman–Crippen MR) is 74.4 cm³/mol. The summed E-state index contributed by atoms with van der Waals surface area (Å²) in [6.07, 6.45) is 1.65. The summed E-state index contributed by atoms with van der Waals surface area (Å²) in [4.78, 5) is 4.15. The molecule has 0 bridgehead atoms. The van der Waals surface area contributed by atoms with Crippen LogP contribution in [0.4, 0.5) is 0 Å². The van der Waals surface area contributed by atoms with Gasteiger partial charge in [-0.25, -0.2) is 4.98 Å². The third kappa shape index (κ3) is 3.67. The lowest BCUT2D eigenvalue weighted by molar-refractivity contribution is 0.184. The van der Waals surface area contributed by atoms with Crippen molar-refractivity contribution in [2.75, 3.05) is 7.11 Å². The second-order valence-corrected chi connectivity index (χ2v) is 4.42. The van der Waals surface area contributed by atoms with E-state index in [4.69, 9.17) is 26.8 Å². The maximum Gasteiger partial charge on any atom is 0.238 e. The molecule has 0 aliphatic heterocycles. The first-order chi connectivity index (χ1) is 9.22. The van der Waals surface area contributed by atoms with Gasteiger partial charge in [0.15, 0.2) is 0 Å². The van der Waals surface area contributed by atoms with E-state index in [0.717, 1.165) is 11.1 Å². The summed E-state index contributed by atoms with van der Waals surface area (Å²) < 4.78 is 10.7. The maximum absolute atomic E-state index is 6.09. The summed E-state index contributed by atoms with van der Waals surface area (Å²) in [6, 6.07) is 9.34. The number of halogens is 1. The largest absolute Gasteiger partial charge is 0.438 e. The van der Waals surface area contributed by atoms with E-state index >= 15 is 0 Å². The van der Waals surface area contributed by atoms with E-state index in [2.05, 4.69) is 4.98 Å². The molecule has 0 amide bonds. The van der Waals surface area contributed by atoms with Gasteiger partial charge in [0.1, 0.15) is 10.8 Å². The Balaban J connectivity index is 2.18. The van der Waals surface area contributed by atoms with E-state index in [0.29, 0.717) is 29.8 Å². The van der Waals surface area contributed by atoms with Crippen molar-refractivity contribution in [2.45, 2.75) is 13.2 Å². The van der Waals surface area contributed by atoms with Crippen LogP contribution >= 0.6 is 11.6 Å². The number of ether oxygens (including phenoxy) is 2. The molecule has 0 aliphatic carbocycles. The first-order valence-corrected chi connectivity index (χ1v) is 6.21. The molecule has 100 valence electrons. The fraction of sp³-hybridized carbons (Fsp3) is 0.214. The molecule has 0 saturated carbocycles. The van der Waals surface area contributed by atoms with Crippen LogP contribution in [0.5, 0.6) is 11.6 Å². The highest BCUT2D eigenvalue weighted by atomic mass is 35.5. The Morgan fingerprint density at radius 2 is 2.11 bits per heavy atom. The van der Waals surface area contributed by atoms with Crippen LogP contribution in [0.15, 0.2) is 36.5 Å². The highest BCUT2D eigenvalue weighted by Gasteiger charge is 2.06. The average Bonchev–Trinajstić information content (AvgIpc) is 2.42. The highest BCUT2D eigenvalue weighted by molar-refractivity contribution is 6.31. The maximum atomic E-state index is 6.09. The van der Waals surface area contributed by atoms with Crippen LogP contribution < -0.4 is 10.5 Å². The molecule has 0 aliphatic rings. The normalized spacial score (nSPS) is 10.5. The Morgan fingerprint density at radius 3 is 2.79 bits per heavy atom. The van der Waals surface area contributed by atoms with Gasteiger partial charge in [0.05, 0.1) is 6.61 Å². The quantitative estimate of drug-likeness (QED) is 0.913. The molecular formula is C14H15ClN2O2. The van der Waals surface area contributed by atoms with Gasteiger partial charge in [-0.2, -0.15) is 0 Å². The van der Waals surface area contributed by atoms with Crippen LogP contribution in [0.2, 0.25) is 5.02 Å². The number of aromatic nitrogens is 1. The lowest BCUT2D eigenvalue weighted by Gasteiger charge is -2.08. The van der Waals surface area contributed by atoms with Gasteiger partial charge >= 0.3 is 0 Å². The smallest absolute Gasteiger partial charge is 0.238 e. The van der Waals surface area contributed by atoms with E-state index in [-0.39, 0.29) is 0 Å². The number of benzene rings is 1. The van der Waals surface area contributed by atoms with Gasteiger partial charge in [0.25, 0.3) is 0 Å². The SMILES string of the molecule is COCc1cccc(Oc2ncc(CN)cc2Cl)c1. The number of nitrogens with zero attached hydrogens (tertiary/aromatic N) is 1. The molecule has 1 aromatic heterocycles. The van der Waals surface area contributed by atoms with Gasteiger partial charge in [-0.3, -0.25) is 0 Å². The fourth-order valence-electron chi connectivity index (χ4n) is 1.63. The zero-order chi connectivity index (χ0) is 13.7. The number of rotatable bonds is 5. The molecule has 2 N–H and O–H groups in total. The second kappa shape index (κ2) is 6.52.